The molecule has 0 saturated heterocycles. The predicted octanol–water partition coefficient (Wildman–Crippen LogP) is 2.44. The maximum absolute atomic E-state index is 4.29. The molecule has 0 atom stereocenters. The van der Waals surface area contributed by atoms with Crippen molar-refractivity contribution in [1.29, 1.82) is 0 Å². The van der Waals surface area contributed by atoms with E-state index >= 15 is 0 Å². The van der Waals surface area contributed by atoms with Crippen LogP contribution in [0.1, 0.15) is 11.5 Å². The monoisotopic (exact) mass is 228 g/mol. The third-order valence-electron chi connectivity index (χ3n) is 1.38. The number of H-pyrrole nitrogens is 1. The van der Waals surface area contributed by atoms with Crippen LogP contribution in [0.5, 0.6) is 0 Å². The summed E-state index contributed by atoms with van der Waals surface area (Å²) in [6.07, 6.45) is 7.20. The number of hydrogen-bond donors (Lipinski definition) is 1. The van der Waals surface area contributed by atoms with Gasteiger partial charge in [0, 0.05) is 19.0 Å². The Morgan fingerprint density at radius 2 is 2.00 bits per heavy atom. The van der Waals surface area contributed by atoms with E-state index in [1.807, 2.05) is 18.3 Å². The summed E-state index contributed by atoms with van der Waals surface area (Å²) in [5, 5.41) is 0. The first kappa shape index (κ1) is 11.2. The van der Waals surface area contributed by atoms with Gasteiger partial charge in [-0.05, 0) is 0 Å². The number of nitrogens with one attached hydrogen (secondary N) is 1. The fourth-order valence-electron chi connectivity index (χ4n) is 0.898. The van der Waals surface area contributed by atoms with Gasteiger partial charge < -0.3 is 4.98 Å². The second-order valence-electron chi connectivity index (χ2n) is 2.32. The Kier molecular flexibility index (Phi) is 5.37. The van der Waals surface area contributed by atoms with Crippen LogP contribution in [0.15, 0.2) is 31.5 Å². The Balaban J connectivity index is 0.00000121. The average Bonchev–Trinajstić information content (AvgIpc) is 2.38. The zero-order valence-electron chi connectivity index (χ0n) is 6.92. The number of imidazole rings is 1. The number of aromatic nitrogens is 2. The number of halogens is 1. The van der Waals surface area contributed by atoms with Gasteiger partial charge in [-0.25, -0.2) is 4.98 Å². The van der Waals surface area contributed by atoms with Crippen molar-refractivity contribution in [2.75, 3.05) is 0 Å². The summed E-state index contributed by atoms with van der Waals surface area (Å²) in [7, 11) is 0. The Morgan fingerprint density at radius 3 is 2.58 bits per heavy atom. The van der Waals surface area contributed by atoms with E-state index in [9.17, 15) is 0 Å². The summed E-state index contributed by atoms with van der Waals surface area (Å²) in [5.41, 5.74) is 1.04. The highest BCUT2D eigenvalue weighted by Gasteiger charge is 1.95. The molecule has 1 heterocycles. The molecule has 0 aliphatic heterocycles. The number of nitrogens with zero attached hydrogens (tertiary/aromatic N) is 1. The van der Waals surface area contributed by atoms with Crippen LogP contribution < -0.4 is 0 Å². The standard InChI is InChI=1S/C9H12N2.BrH/c1-3-5-8-7-10-9(11-8)6-4-2;/h3-4,7H,1-2,5-6H2,(H,10,11);1H. The quantitative estimate of drug-likeness (QED) is 0.789. The molecule has 0 saturated carbocycles. The summed E-state index contributed by atoms with van der Waals surface area (Å²) in [6.45, 7) is 7.27. The van der Waals surface area contributed by atoms with Crippen molar-refractivity contribution in [2.45, 2.75) is 12.8 Å². The van der Waals surface area contributed by atoms with E-state index in [4.69, 9.17) is 0 Å². The van der Waals surface area contributed by atoms with E-state index < -0.39 is 0 Å². The van der Waals surface area contributed by atoms with E-state index in [2.05, 4.69) is 23.1 Å². The van der Waals surface area contributed by atoms with Crippen molar-refractivity contribution in [2.24, 2.45) is 0 Å². The molecule has 1 aromatic heterocycles. The molecule has 2 nitrogen and oxygen atoms in total. The smallest absolute Gasteiger partial charge is 0.110 e. The Morgan fingerprint density at radius 1 is 1.33 bits per heavy atom. The molecule has 12 heavy (non-hydrogen) atoms. The summed E-state index contributed by atoms with van der Waals surface area (Å²) >= 11 is 0. The van der Waals surface area contributed by atoms with Gasteiger partial charge in [0.05, 0.1) is 5.69 Å². The van der Waals surface area contributed by atoms with E-state index in [-0.39, 0.29) is 17.0 Å². The van der Waals surface area contributed by atoms with Crippen LogP contribution in [0.4, 0.5) is 0 Å². The van der Waals surface area contributed by atoms with Gasteiger partial charge in [-0.3, -0.25) is 0 Å². The maximum atomic E-state index is 4.29. The maximum Gasteiger partial charge on any atom is 0.110 e. The third kappa shape index (κ3) is 3.05. The van der Waals surface area contributed by atoms with Crippen LogP contribution >= 0.6 is 17.0 Å². The summed E-state index contributed by atoms with van der Waals surface area (Å²) < 4.78 is 0. The SMILES string of the molecule is Br.C=CCc1c[nH]c(CC=C)n1. The first-order valence-electron chi connectivity index (χ1n) is 3.61. The molecule has 0 radical (unpaired) electrons. The molecule has 0 fully saturated rings. The molecule has 0 amide bonds. The van der Waals surface area contributed by atoms with Gasteiger partial charge in [0.25, 0.3) is 0 Å². The van der Waals surface area contributed by atoms with Crippen LogP contribution in [0.2, 0.25) is 0 Å². The zero-order chi connectivity index (χ0) is 8.10. The highest BCUT2D eigenvalue weighted by molar-refractivity contribution is 8.93. The Bertz CT molecular complexity index is 228. The van der Waals surface area contributed by atoms with Crippen LogP contribution in [0.25, 0.3) is 0 Å². The molecule has 0 spiro atoms. The van der Waals surface area contributed by atoms with Gasteiger partial charge in [-0.15, -0.1) is 30.1 Å². The normalized spacial score (nSPS) is 8.67. The van der Waals surface area contributed by atoms with Crippen molar-refractivity contribution in [3.63, 3.8) is 0 Å². The molecule has 0 unspecified atom stereocenters. The van der Waals surface area contributed by atoms with Gasteiger partial charge in [-0.2, -0.15) is 0 Å². The lowest BCUT2D eigenvalue weighted by atomic mass is 10.3. The minimum atomic E-state index is 0. The first-order chi connectivity index (χ1) is 5.36. The highest BCUT2D eigenvalue weighted by atomic mass is 79.9. The van der Waals surface area contributed by atoms with Gasteiger partial charge in [-0.1, -0.05) is 12.2 Å². The largest absolute Gasteiger partial charge is 0.348 e. The Labute approximate surface area is 83.2 Å². The number of allylic oxidation sites excluding steroid dienone is 2. The van der Waals surface area contributed by atoms with Crippen LogP contribution in [0.3, 0.4) is 0 Å². The lowest BCUT2D eigenvalue weighted by molar-refractivity contribution is 1.03. The number of hydrogen-bond acceptors (Lipinski definition) is 1. The second kappa shape index (κ2) is 5.77. The van der Waals surface area contributed by atoms with Gasteiger partial charge in [0.15, 0.2) is 0 Å². The van der Waals surface area contributed by atoms with Gasteiger partial charge >= 0.3 is 0 Å². The van der Waals surface area contributed by atoms with Crippen molar-refractivity contribution in [3.8, 4) is 0 Å². The number of aromatic amines is 1. The van der Waals surface area contributed by atoms with E-state index in [0.29, 0.717) is 0 Å². The van der Waals surface area contributed by atoms with Gasteiger partial charge in [0.2, 0.25) is 0 Å². The summed E-state index contributed by atoms with van der Waals surface area (Å²) in [6, 6.07) is 0. The molecule has 0 bridgehead atoms. The van der Waals surface area contributed by atoms with Crippen molar-refractivity contribution >= 4 is 17.0 Å². The molecule has 0 aromatic carbocycles. The molecule has 3 heteroatoms. The lowest BCUT2D eigenvalue weighted by Gasteiger charge is -1.85. The van der Waals surface area contributed by atoms with Crippen molar-refractivity contribution in [1.82, 2.24) is 9.97 Å². The Hall–Kier alpha value is -0.830. The molecular formula is C9H13BrN2. The van der Waals surface area contributed by atoms with E-state index in [0.717, 1.165) is 24.4 Å². The first-order valence-corrected chi connectivity index (χ1v) is 3.61. The minimum absolute atomic E-state index is 0. The van der Waals surface area contributed by atoms with Crippen molar-refractivity contribution in [3.05, 3.63) is 43.0 Å². The molecule has 1 rings (SSSR count). The lowest BCUT2D eigenvalue weighted by Crippen LogP contribution is -1.84. The van der Waals surface area contributed by atoms with E-state index in [1.165, 1.54) is 0 Å². The summed E-state index contributed by atoms with van der Waals surface area (Å²) in [4.78, 5) is 7.35. The van der Waals surface area contributed by atoms with Gasteiger partial charge in [0.1, 0.15) is 5.82 Å². The summed E-state index contributed by atoms with van der Waals surface area (Å²) in [5.74, 6) is 0.969. The highest BCUT2D eigenvalue weighted by Crippen LogP contribution is 1.99. The molecule has 0 aliphatic rings. The number of rotatable bonds is 4. The topological polar surface area (TPSA) is 28.7 Å². The second-order valence-corrected chi connectivity index (χ2v) is 2.32. The predicted molar refractivity (Wildman–Crippen MR) is 56.7 cm³/mol. The molecule has 66 valence electrons. The third-order valence-corrected chi connectivity index (χ3v) is 1.38. The zero-order valence-corrected chi connectivity index (χ0v) is 8.63. The van der Waals surface area contributed by atoms with Crippen LogP contribution in [-0.4, -0.2) is 9.97 Å². The van der Waals surface area contributed by atoms with Crippen LogP contribution in [-0.2, 0) is 12.8 Å². The molecule has 0 aliphatic carbocycles. The van der Waals surface area contributed by atoms with Crippen molar-refractivity contribution < 1.29 is 0 Å². The molecule has 1 N–H and O–H groups in total. The van der Waals surface area contributed by atoms with Crippen LogP contribution in [0, 0.1) is 0 Å². The van der Waals surface area contributed by atoms with E-state index in [1.54, 1.807) is 0 Å². The fraction of sp³-hybridized carbons (Fsp3) is 0.222. The minimum Gasteiger partial charge on any atom is -0.348 e. The molecular weight excluding hydrogens is 216 g/mol. The average molecular weight is 229 g/mol. The fourth-order valence-corrected chi connectivity index (χ4v) is 0.898. The molecule has 1 aromatic rings.